The van der Waals surface area contributed by atoms with Crippen molar-refractivity contribution in [3.8, 4) is 0 Å². The maximum absolute atomic E-state index is 13.4. The van der Waals surface area contributed by atoms with Gasteiger partial charge in [0, 0.05) is 7.05 Å². The first-order valence-corrected chi connectivity index (χ1v) is 6.55. The van der Waals surface area contributed by atoms with Crippen molar-refractivity contribution in [1.29, 1.82) is 0 Å². The van der Waals surface area contributed by atoms with Crippen molar-refractivity contribution in [2.24, 2.45) is 7.05 Å². The van der Waals surface area contributed by atoms with Gasteiger partial charge in [-0.15, -0.1) is 0 Å². The highest BCUT2D eigenvalue weighted by molar-refractivity contribution is 7.92. The average Bonchev–Trinajstić information content (AvgIpc) is 2.65. The number of imidazole rings is 1. The van der Waals surface area contributed by atoms with Crippen LogP contribution in [0.25, 0.3) is 0 Å². The summed E-state index contributed by atoms with van der Waals surface area (Å²) in [6.07, 6.45) is 1.20. The summed E-state index contributed by atoms with van der Waals surface area (Å²) in [6.45, 7) is 0. The molecular weight excluding hydrogens is 278 g/mol. The van der Waals surface area contributed by atoms with Gasteiger partial charge in [-0.2, -0.15) is 8.42 Å². The van der Waals surface area contributed by atoms with Gasteiger partial charge in [0.05, 0.1) is 12.0 Å². The minimum absolute atomic E-state index is 0.230. The van der Waals surface area contributed by atoms with Gasteiger partial charge >= 0.3 is 0 Å². The summed E-state index contributed by atoms with van der Waals surface area (Å²) < 4.78 is 53.6. The van der Waals surface area contributed by atoms with Gasteiger partial charge < -0.3 is 10.3 Å². The molecule has 0 aliphatic heterocycles. The molecule has 2 rings (SSSR count). The van der Waals surface area contributed by atoms with Crippen LogP contribution in [0.4, 0.5) is 20.3 Å². The summed E-state index contributed by atoms with van der Waals surface area (Å²) in [4.78, 5) is 3.62. The summed E-state index contributed by atoms with van der Waals surface area (Å²) >= 11 is 0. The van der Waals surface area contributed by atoms with E-state index in [1.54, 1.807) is 0 Å². The lowest BCUT2D eigenvalue weighted by Crippen LogP contribution is -2.18. The van der Waals surface area contributed by atoms with Gasteiger partial charge in [0.2, 0.25) is 0 Å². The number of sulfonamides is 1. The molecule has 0 aliphatic rings. The van der Waals surface area contributed by atoms with Crippen LogP contribution in [0.1, 0.15) is 0 Å². The van der Waals surface area contributed by atoms with Crippen LogP contribution in [0.5, 0.6) is 0 Å². The summed E-state index contributed by atoms with van der Waals surface area (Å²) in [5.74, 6) is -2.67. The Labute approximate surface area is 107 Å². The van der Waals surface area contributed by atoms with Gasteiger partial charge in [0.15, 0.2) is 22.5 Å². The fourth-order valence-electron chi connectivity index (χ4n) is 1.54. The summed E-state index contributed by atoms with van der Waals surface area (Å²) in [6, 6.07) is 3.16. The second kappa shape index (κ2) is 4.50. The molecule has 2 aromatic rings. The number of rotatable bonds is 3. The van der Waals surface area contributed by atoms with Crippen molar-refractivity contribution < 1.29 is 17.2 Å². The summed E-state index contributed by atoms with van der Waals surface area (Å²) in [5.41, 5.74) is 4.93. The normalized spacial score (nSPS) is 11.5. The Bertz CT molecular complexity index is 708. The van der Waals surface area contributed by atoms with E-state index in [2.05, 4.69) is 4.98 Å². The third kappa shape index (κ3) is 2.36. The zero-order valence-corrected chi connectivity index (χ0v) is 10.6. The van der Waals surface area contributed by atoms with Crippen LogP contribution in [0.2, 0.25) is 0 Å². The smallest absolute Gasteiger partial charge is 0.281 e. The predicted octanol–water partition coefficient (Wildman–Crippen LogP) is 1.08. The van der Waals surface area contributed by atoms with Gasteiger partial charge in [0.25, 0.3) is 10.0 Å². The second-order valence-corrected chi connectivity index (χ2v) is 5.35. The number of hydrogen-bond donors (Lipinski definition) is 2. The number of anilines is 2. The number of benzene rings is 1. The third-order valence-electron chi connectivity index (χ3n) is 2.36. The Hall–Kier alpha value is -2.16. The van der Waals surface area contributed by atoms with Crippen LogP contribution in [0, 0.1) is 11.6 Å². The quantitative estimate of drug-likeness (QED) is 0.884. The van der Waals surface area contributed by atoms with Crippen molar-refractivity contribution in [2.45, 2.75) is 5.03 Å². The van der Waals surface area contributed by atoms with Crippen molar-refractivity contribution in [2.75, 3.05) is 10.5 Å². The van der Waals surface area contributed by atoms with Crippen LogP contribution in [-0.2, 0) is 17.1 Å². The molecule has 0 radical (unpaired) electrons. The van der Waals surface area contributed by atoms with Crippen LogP contribution < -0.4 is 10.5 Å². The van der Waals surface area contributed by atoms with E-state index in [4.69, 9.17) is 5.73 Å². The van der Waals surface area contributed by atoms with E-state index in [1.807, 2.05) is 4.72 Å². The Morgan fingerprint density at radius 2 is 2.05 bits per heavy atom. The predicted molar refractivity (Wildman–Crippen MR) is 64.8 cm³/mol. The minimum atomic E-state index is -4.15. The lowest BCUT2D eigenvalue weighted by Gasteiger charge is -2.09. The fraction of sp³-hybridized carbons (Fsp3) is 0.100. The van der Waals surface area contributed by atoms with E-state index in [-0.39, 0.29) is 10.8 Å². The molecule has 0 aliphatic carbocycles. The highest BCUT2D eigenvalue weighted by atomic mass is 32.2. The lowest BCUT2D eigenvalue weighted by molar-refractivity contribution is 0.511. The van der Waals surface area contributed by atoms with Gasteiger partial charge in [0.1, 0.15) is 0 Å². The highest BCUT2D eigenvalue weighted by Gasteiger charge is 2.24. The van der Waals surface area contributed by atoms with Crippen molar-refractivity contribution in [1.82, 2.24) is 9.55 Å². The molecule has 1 aromatic heterocycles. The van der Waals surface area contributed by atoms with Crippen LogP contribution in [-0.4, -0.2) is 18.0 Å². The number of nitrogen functional groups attached to an aromatic ring is 1. The van der Waals surface area contributed by atoms with Crippen LogP contribution in [0.15, 0.2) is 29.6 Å². The first kappa shape index (κ1) is 13.3. The van der Waals surface area contributed by atoms with Gasteiger partial charge in [-0.1, -0.05) is 6.07 Å². The average molecular weight is 288 g/mol. The first-order valence-electron chi connectivity index (χ1n) is 5.06. The van der Waals surface area contributed by atoms with E-state index in [9.17, 15) is 17.2 Å². The molecular formula is C10H10F2N4O2S. The van der Waals surface area contributed by atoms with Crippen molar-refractivity contribution in [3.05, 3.63) is 36.2 Å². The largest absolute Gasteiger partial charge is 0.381 e. The third-order valence-corrected chi connectivity index (χ3v) is 3.85. The summed E-state index contributed by atoms with van der Waals surface area (Å²) in [5, 5.41) is -0.323. The van der Waals surface area contributed by atoms with Crippen molar-refractivity contribution >= 4 is 21.5 Å². The molecule has 0 unspecified atom stereocenters. The van der Waals surface area contributed by atoms with E-state index in [1.165, 1.54) is 19.4 Å². The molecule has 0 amide bonds. The Morgan fingerprint density at radius 3 is 2.63 bits per heavy atom. The van der Waals surface area contributed by atoms with E-state index >= 15 is 0 Å². The van der Waals surface area contributed by atoms with E-state index in [0.717, 1.165) is 16.7 Å². The monoisotopic (exact) mass is 288 g/mol. The minimum Gasteiger partial charge on any atom is -0.381 e. The van der Waals surface area contributed by atoms with E-state index in [0.29, 0.717) is 0 Å². The first-order chi connectivity index (χ1) is 8.83. The Balaban J connectivity index is 2.46. The molecule has 0 fully saturated rings. The zero-order chi connectivity index (χ0) is 14.2. The topological polar surface area (TPSA) is 90.0 Å². The number of aryl methyl sites for hydroxylation is 1. The van der Waals surface area contributed by atoms with Crippen LogP contribution in [0.3, 0.4) is 0 Å². The van der Waals surface area contributed by atoms with E-state index < -0.39 is 27.3 Å². The zero-order valence-electron chi connectivity index (χ0n) is 9.76. The maximum Gasteiger partial charge on any atom is 0.281 e. The number of nitrogens with zero attached hydrogens (tertiary/aromatic N) is 2. The molecule has 102 valence electrons. The lowest BCUT2D eigenvalue weighted by atomic mass is 10.3. The second-order valence-electron chi connectivity index (χ2n) is 3.75. The fourth-order valence-corrected chi connectivity index (χ4v) is 2.84. The molecule has 1 heterocycles. The number of nitrogens with two attached hydrogens (primary N) is 1. The molecule has 0 saturated carbocycles. The highest BCUT2D eigenvalue weighted by Crippen LogP contribution is 2.22. The molecule has 0 spiro atoms. The molecule has 19 heavy (non-hydrogen) atoms. The number of nitrogens with one attached hydrogen (secondary N) is 1. The van der Waals surface area contributed by atoms with Crippen molar-refractivity contribution in [3.63, 3.8) is 0 Å². The van der Waals surface area contributed by atoms with Gasteiger partial charge in [-0.05, 0) is 12.1 Å². The molecule has 3 N–H and O–H groups in total. The Kier molecular flexibility index (Phi) is 3.14. The molecule has 1 aromatic carbocycles. The summed E-state index contributed by atoms with van der Waals surface area (Å²) in [7, 11) is -2.74. The molecule has 0 saturated heterocycles. The number of aromatic nitrogens is 2. The van der Waals surface area contributed by atoms with Crippen LogP contribution >= 0.6 is 0 Å². The number of hydrogen-bond acceptors (Lipinski definition) is 4. The molecule has 0 atom stereocenters. The standard InChI is InChI=1S/C10H10F2N4O2S/c1-16-5-14-9(13)10(16)19(17,18)15-7-4-2-3-6(11)8(7)12/h2-5,15H,13H2,1H3. The molecule has 9 heteroatoms. The Morgan fingerprint density at radius 1 is 1.37 bits per heavy atom. The van der Waals surface area contributed by atoms with Gasteiger partial charge in [-0.25, -0.2) is 13.8 Å². The SMILES string of the molecule is Cn1cnc(N)c1S(=O)(=O)Nc1cccc(F)c1F. The number of halogens is 2. The molecule has 0 bridgehead atoms. The maximum atomic E-state index is 13.4. The van der Waals surface area contributed by atoms with Gasteiger partial charge in [-0.3, -0.25) is 4.72 Å². The molecule has 6 nitrogen and oxygen atoms in total.